The van der Waals surface area contributed by atoms with Gasteiger partial charge in [0.1, 0.15) is 25.0 Å². The largest absolute Gasteiger partial charge is 0.387 e. The Labute approximate surface area is 205 Å². The van der Waals surface area contributed by atoms with Gasteiger partial charge < -0.3 is 29.5 Å². The molecule has 0 saturated carbocycles. The molecule has 1 aromatic carbocycles. The summed E-state index contributed by atoms with van der Waals surface area (Å²) in [6, 6.07) is 11.6. The summed E-state index contributed by atoms with van der Waals surface area (Å²) in [4.78, 5) is 14.7. The molecule has 3 N–H and O–H groups in total. The number of aliphatic hydroxyl groups excluding tert-OH is 3. The molecule has 0 aliphatic carbocycles. The Bertz CT molecular complexity index is 1300. The molecule has 5 rings (SSSR count). The van der Waals surface area contributed by atoms with Crippen LogP contribution in [0.25, 0.3) is 11.2 Å². The van der Waals surface area contributed by atoms with Crippen LogP contribution in [0.15, 0.2) is 47.2 Å². The average molecular weight is 501 g/mol. The fourth-order valence-corrected chi connectivity index (χ4v) is 4.35. The van der Waals surface area contributed by atoms with Gasteiger partial charge in [0, 0.05) is 12.6 Å². The predicted molar refractivity (Wildman–Crippen MR) is 126 cm³/mol. The maximum atomic E-state index is 10.8. The van der Waals surface area contributed by atoms with E-state index in [1.807, 2.05) is 37.3 Å². The first-order valence-corrected chi connectivity index (χ1v) is 11.6. The normalized spacial score (nSPS) is 22.2. The lowest BCUT2D eigenvalue weighted by atomic mass is 10.1. The smallest absolute Gasteiger partial charge is 0.226 e. The lowest BCUT2D eigenvalue weighted by Gasteiger charge is -2.22. The number of rotatable bonds is 8. The van der Waals surface area contributed by atoms with E-state index >= 15 is 0 Å². The molecule has 1 fully saturated rings. The molecule has 0 bridgehead atoms. The topological polar surface area (TPSA) is 143 Å². The maximum Gasteiger partial charge on any atom is 0.226 e. The van der Waals surface area contributed by atoms with Crippen molar-refractivity contribution in [3.63, 3.8) is 0 Å². The van der Waals surface area contributed by atoms with Crippen molar-refractivity contribution in [2.45, 2.75) is 44.3 Å². The molecule has 0 unspecified atom stereocenters. The van der Waals surface area contributed by atoms with Gasteiger partial charge in [-0.3, -0.25) is 4.57 Å². The van der Waals surface area contributed by atoms with E-state index in [1.165, 1.54) is 10.9 Å². The Hall–Kier alpha value is -3.09. The Kier molecular flexibility index (Phi) is 6.67. The molecular formula is C23H25ClN6O5. The first-order chi connectivity index (χ1) is 17.0. The second-order valence-corrected chi connectivity index (χ2v) is 8.62. The summed E-state index contributed by atoms with van der Waals surface area (Å²) >= 11 is 6.24. The minimum Gasteiger partial charge on any atom is -0.387 e. The minimum atomic E-state index is -1.29. The van der Waals surface area contributed by atoms with Crippen LogP contribution in [0.5, 0.6) is 0 Å². The van der Waals surface area contributed by atoms with Gasteiger partial charge in [-0.2, -0.15) is 9.97 Å². The molecule has 12 heteroatoms. The van der Waals surface area contributed by atoms with Crippen molar-refractivity contribution >= 4 is 28.6 Å². The number of aromatic nitrogens is 5. The molecule has 35 heavy (non-hydrogen) atoms. The van der Waals surface area contributed by atoms with Crippen molar-refractivity contribution in [1.82, 2.24) is 24.7 Å². The zero-order chi connectivity index (χ0) is 24.5. The van der Waals surface area contributed by atoms with Gasteiger partial charge in [0.25, 0.3) is 0 Å². The summed E-state index contributed by atoms with van der Waals surface area (Å²) < 4.78 is 12.8. The lowest BCUT2D eigenvalue weighted by molar-refractivity contribution is -0.0434. The molecule has 11 nitrogen and oxygen atoms in total. The third kappa shape index (κ3) is 4.48. The van der Waals surface area contributed by atoms with E-state index in [1.54, 1.807) is 11.0 Å². The standard InChI is InChI=1S/C23H25ClN6O5/c1-2-14-10-15(35-28-14)19-17(32)18(33)22(34-19)30-11-25-16-20(26-23(24)27-21(16)30)29(12-31)9-8-13-6-4-3-5-7-13/h3-7,10-11,17-19,22,31-33H,2,8-9,12H2,1H3/t17-,18+,19+,22+/m0/s1. The third-order valence-electron chi connectivity index (χ3n) is 6.09. The van der Waals surface area contributed by atoms with Crippen LogP contribution in [0.1, 0.15) is 36.3 Å². The summed E-state index contributed by atoms with van der Waals surface area (Å²) in [6.45, 7) is 2.08. The summed E-state index contributed by atoms with van der Waals surface area (Å²) in [6.07, 6.45) is -1.72. The second kappa shape index (κ2) is 9.88. The predicted octanol–water partition coefficient (Wildman–Crippen LogP) is 2.02. The Balaban J connectivity index is 1.45. The van der Waals surface area contributed by atoms with E-state index < -0.39 is 24.5 Å². The number of aliphatic hydroxyl groups is 3. The molecule has 1 aliphatic heterocycles. The van der Waals surface area contributed by atoms with Crippen LogP contribution in [0, 0.1) is 0 Å². The molecule has 1 aliphatic rings. The summed E-state index contributed by atoms with van der Waals surface area (Å²) in [5.74, 6) is 0.672. The summed E-state index contributed by atoms with van der Waals surface area (Å²) in [5.41, 5.74) is 2.49. The number of hydrogen-bond donors (Lipinski definition) is 3. The van der Waals surface area contributed by atoms with Crippen molar-refractivity contribution < 1.29 is 24.6 Å². The zero-order valence-corrected chi connectivity index (χ0v) is 19.7. The number of fused-ring (bicyclic) bond motifs is 1. The van der Waals surface area contributed by atoms with Crippen LogP contribution >= 0.6 is 11.6 Å². The first-order valence-electron chi connectivity index (χ1n) is 11.3. The van der Waals surface area contributed by atoms with Gasteiger partial charge in [-0.25, -0.2) is 4.98 Å². The highest BCUT2D eigenvalue weighted by molar-refractivity contribution is 6.28. The van der Waals surface area contributed by atoms with Crippen molar-refractivity contribution in [1.29, 1.82) is 0 Å². The average Bonchev–Trinajstić information content (AvgIpc) is 3.58. The number of benzene rings is 1. The first kappa shape index (κ1) is 23.6. The van der Waals surface area contributed by atoms with Crippen molar-refractivity contribution in [2.75, 3.05) is 18.2 Å². The van der Waals surface area contributed by atoms with Gasteiger partial charge in [0.2, 0.25) is 5.28 Å². The van der Waals surface area contributed by atoms with Crippen LogP contribution in [0.2, 0.25) is 5.28 Å². The van der Waals surface area contributed by atoms with E-state index in [0.29, 0.717) is 47.8 Å². The molecule has 4 heterocycles. The zero-order valence-electron chi connectivity index (χ0n) is 18.9. The van der Waals surface area contributed by atoms with Crippen LogP contribution in [-0.2, 0) is 17.6 Å². The molecule has 0 amide bonds. The van der Waals surface area contributed by atoms with Gasteiger partial charge in [0.05, 0.1) is 12.0 Å². The molecule has 0 spiro atoms. The van der Waals surface area contributed by atoms with Crippen LogP contribution in [0.4, 0.5) is 5.82 Å². The summed E-state index contributed by atoms with van der Waals surface area (Å²) in [5, 5.41) is 35.4. The number of imidazole rings is 1. The van der Waals surface area contributed by atoms with Crippen LogP contribution in [0.3, 0.4) is 0 Å². The Morgan fingerprint density at radius 1 is 1.14 bits per heavy atom. The fourth-order valence-electron chi connectivity index (χ4n) is 4.19. The lowest BCUT2D eigenvalue weighted by Crippen LogP contribution is -2.29. The van der Waals surface area contributed by atoms with E-state index in [0.717, 1.165) is 5.56 Å². The Morgan fingerprint density at radius 3 is 2.66 bits per heavy atom. The van der Waals surface area contributed by atoms with Gasteiger partial charge in [-0.05, 0) is 30.0 Å². The molecule has 3 aromatic heterocycles. The number of anilines is 1. The van der Waals surface area contributed by atoms with Crippen LogP contribution < -0.4 is 4.90 Å². The number of ether oxygens (including phenoxy) is 1. The fraction of sp³-hybridized carbons (Fsp3) is 0.391. The second-order valence-electron chi connectivity index (χ2n) is 8.28. The number of aryl methyl sites for hydroxylation is 1. The highest BCUT2D eigenvalue weighted by Gasteiger charge is 2.47. The van der Waals surface area contributed by atoms with Gasteiger partial charge in [-0.1, -0.05) is 42.4 Å². The van der Waals surface area contributed by atoms with E-state index in [9.17, 15) is 15.3 Å². The van der Waals surface area contributed by atoms with E-state index in [4.69, 9.17) is 20.9 Å². The van der Waals surface area contributed by atoms with Crippen molar-refractivity contribution in [2.24, 2.45) is 0 Å². The van der Waals surface area contributed by atoms with Crippen molar-refractivity contribution in [3.8, 4) is 0 Å². The van der Waals surface area contributed by atoms with Crippen molar-refractivity contribution in [3.05, 3.63) is 65.0 Å². The van der Waals surface area contributed by atoms with Gasteiger partial charge >= 0.3 is 0 Å². The monoisotopic (exact) mass is 500 g/mol. The van der Waals surface area contributed by atoms with Crippen LogP contribution in [-0.4, -0.2) is 65.5 Å². The van der Waals surface area contributed by atoms with E-state index in [2.05, 4.69) is 20.1 Å². The minimum absolute atomic E-state index is 0.0557. The van der Waals surface area contributed by atoms with E-state index in [-0.39, 0.29) is 12.0 Å². The molecule has 1 saturated heterocycles. The quantitative estimate of drug-likeness (QED) is 0.243. The highest BCUT2D eigenvalue weighted by Crippen LogP contribution is 2.40. The molecule has 4 atom stereocenters. The van der Waals surface area contributed by atoms with Gasteiger partial charge in [0.15, 0.2) is 29.0 Å². The molecule has 0 radical (unpaired) electrons. The highest BCUT2D eigenvalue weighted by atomic mass is 35.5. The molecule has 184 valence electrons. The summed E-state index contributed by atoms with van der Waals surface area (Å²) in [7, 11) is 0. The third-order valence-corrected chi connectivity index (χ3v) is 6.26. The number of nitrogens with zero attached hydrogens (tertiary/aromatic N) is 6. The Morgan fingerprint density at radius 2 is 1.94 bits per heavy atom. The number of hydrogen-bond acceptors (Lipinski definition) is 10. The SMILES string of the molecule is CCc1cc([C@H]2O[C@@H](n3cnc4c(N(CO)CCc5ccccc5)nc(Cl)nc43)[C@H](O)[C@@H]2O)on1. The maximum absolute atomic E-state index is 10.8. The van der Waals surface area contributed by atoms with Gasteiger partial charge in [-0.15, -0.1) is 0 Å². The molecular weight excluding hydrogens is 476 g/mol. The number of halogens is 1. The molecule has 4 aromatic rings.